The summed E-state index contributed by atoms with van der Waals surface area (Å²) in [5, 5.41) is 5.88. The SMILES string of the molecule is CCCNC(=O)C(Cc1ccccc1)N(Cc1ccc(Cl)cc1Cl)C(=O)CCCN1C(=O)c2cccc3cccc1c23. The van der Waals surface area contributed by atoms with Crippen LogP contribution in [0.15, 0.2) is 84.9 Å². The Kier molecular flexibility index (Phi) is 9.45. The van der Waals surface area contributed by atoms with Crippen molar-refractivity contribution < 1.29 is 14.4 Å². The molecular weight excluding hydrogens is 569 g/mol. The maximum Gasteiger partial charge on any atom is 0.258 e. The molecule has 42 heavy (non-hydrogen) atoms. The lowest BCUT2D eigenvalue weighted by molar-refractivity contribution is -0.141. The van der Waals surface area contributed by atoms with Crippen LogP contribution in [0.3, 0.4) is 0 Å². The Morgan fingerprint density at radius 3 is 2.45 bits per heavy atom. The molecule has 5 rings (SSSR count). The fraction of sp³-hybridized carbons (Fsp3) is 0.265. The second kappa shape index (κ2) is 13.4. The first-order valence-electron chi connectivity index (χ1n) is 14.3. The van der Waals surface area contributed by atoms with Crippen molar-refractivity contribution in [3.05, 3.63) is 112 Å². The number of hydrogen-bond acceptors (Lipinski definition) is 3. The molecular formula is C34H33Cl2N3O3. The molecule has 0 saturated heterocycles. The summed E-state index contributed by atoms with van der Waals surface area (Å²) in [6, 6.07) is 25.7. The van der Waals surface area contributed by atoms with Gasteiger partial charge in [-0.15, -0.1) is 0 Å². The van der Waals surface area contributed by atoms with E-state index in [1.165, 1.54) is 0 Å². The predicted molar refractivity (Wildman–Crippen MR) is 169 cm³/mol. The highest BCUT2D eigenvalue weighted by atomic mass is 35.5. The number of anilines is 1. The third kappa shape index (κ3) is 6.45. The van der Waals surface area contributed by atoms with Gasteiger partial charge in [-0.05, 0) is 53.6 Å². The van der Waals surface area contributed by atoms with Crippen LogP contribution < -0.4 is 10.2 Å². The molecule has 0 spiro atoms. The number of nitrogens with zero attached hydrogens (tertiary/aromatic N) is 2. The van der Waals surface area contributed by atoms with Gasteiger partial charge in [0.2, 0.25) is 11.8 Å². The second-order valence-corrected chi connectivity index (χ2v) is 11.3. The fourth-order valence-corrected chi connectivity index (χ4v) is 5.95. The Balaban J connectivity index is 1.38. The summed E-state index contributed by atoms with van der Waals surface area (Å²) in [6.45, 7) is 3.04. The number of benzene rings is 4. The van der Waals surface area contributed by atoms with Crippen LogP contribution in [0.4, 0.5) is 5.69 Å². The van der Waals surface area contributed by atoms with E-state index in [0.717, 1.165) is 28.4 Å². The van der Waals surface area contributed by atoms with Crippen LogP contribution in [0.25, 0.3) is 10.8 Å². The quantitative estimate of drug-likeness (QED) is 0.189. The van der Waals surface area contributed by atoms with Crippen LogP contribution in [0, 0.1) is 0 Å². The Bertz CT molecular complexity index is 1600. The largest absolute Gasteiger partial charge is 0.354 e. The maximum atomic E-state index is 14.0. The minimum atomic E-state index is -0.746. The van der Waals surface area contributed by atoms with E-state index in [2.05, 4.69) is 5.32 Å². The van der Waals surface area contributed by atoms with E-state index in [4.69, 9.17) is 23.2 Å². The summed E-state index contributed by atoms with van der Waals surface area (Å²) < 4.78 is 0. The maximum absolute atomic E-state index is 14.0. The van der Waals surface area contributed by atoms with Crippen molar-refractivity contribution in [2.75, 3.05) is 18.0 Å². The average Bonchev–Trinajstić information content (AvgIpc) is 3.27. The molecule has 0 fully saturated rings. The summed E-state index contributed by atoms with van der Waals surface area (Å²) in [6.07, 6.45) is 1.73. The molecule has 4 aromatic carbocycles. The smallest absolute Gasteiger partial charge is 0.258 e. The van der Waals surface area contributed by atoms with E-state index in [9.17, 15) is 14.4 Å². The van der Waals surface area contributed by atoms with Gasteiger partial charge in [-0.25, -0.2) is 0 Å². The number of nitrogens with one attached hydrogen (secondary N) is 1. The molecule has 1 N–H and O–H groups in total. The zero-order valence-corrected chi connectivity index (χ0v) is 25.0. The summed E-state index contributed by atoms with van der Waals surface area (Å²) in [5.74, 6) is -0.452. The van der Waals surface area contributed by atoms with Crippen LogP contribution in [0.2, 0.25) is 10.0 Å². The van der Waals surface area contributed by atoms with Crippen molar-refractivity contribution in [3.63, 3.8) is 0 Å². The highest BCUT2D eigenvalue weighted by Crippen LogP contribution is 2.37. The van der Waals surface area contributed by atoms with Gasteiger partial charge >= 0.3 is 0 Å². The predicted octanol–water partition coefficient (Wildman–Crippen LogP) is 7.05. The minimum absolute atomic E-state index is 0.0556. The van der Waals surface area contributed by atoms with Gasteiger partial charge in [-0.1, -0.05) is 90.8 Å². The lowest BCUT2D eigenvalue weighted by Crippen LogP contribution is -2.50. The topological polar surface area (TPSA) is 69.7 Å². The molecule has 1 atom stereocenters. The Labute approximate surface area is 256 Å². The van der Waals surface area contributed by atoms with Crippen molar-refractivity contribution >= 4 is 57.4 Å². The first kappa shape index (κ1) is 29.6. The van der Waals surface area contributed by atoms with E-state index < -0.39 is 6.04 Å². The molecule has 216 valence electrons. The number of carbonyl (C=O) groups is 3. The van der Waals surface area contributed by atoms with Gasteiger partial charge < -0.3 is 15.1 Å². The van der Waals surface area contributed by atoms with Crippen molar-refractivity contribution in [2.45, 2.75) is 45.2 Å². The molecule has 1 heterocycles. The normalized spacial score (nSPS) is 12.9. The Morgan fingerprint density at radius 2 is 1.71 bits per heavy atom. The van der Waals surface area contributed by atoms with Crippen molar-refractivity contribution in [1.82, 2.24) is 10.2 Å². The molecule has 0 saturated carbocycles. The number of rotatable bonds is 12. The fourth-order valence-electron chi connectivity index (χ4n) is 5.49. The highest BCUT2D eigenvalue weighted by Gasteiger charge is 2.32. The molecule has 6 nitrogen and oxygen atoms in total. The summed E-state index contributed by atoms with van der Waals surface area (Å²) in [5.41, 5.74) is 3.20. The summed E-state index contributed by atoms with van der Waals surface area (Å²) >= 11 is 12.7. The van der Waals surface area contributed by atoms with Crippen LogP contribution in [-0.2, 0) is 22.6 Å². The van der Waals surface area contributed by atoms with Gasteiger partial charge in [0.25, 0.3) is 5.91 Å². The second-order valence-electron chi connectivity index (χ2n) is 10.5. The Hall–Kier alpha value is -3.87. The van der Waals surface area contributed by atoms with Crippen molar-refractivity contribution in [3.8, 4) is 0 Å². The lowest BCUT2D eigenvalue weighted by atomic mass is 10.0. The minimum Gasteiger partial charge on any atom is -0.354 e. The van der Waals surface area contributed by atoms with Gasteiger partial charge in [0.15, 0.2) is 0 Å². The van der Waals surface area contributed by atoms with E-state index in [1.807, 2.05) is 73.7 Å². The number of amides is 3. The van der Waals surface area contributed by atoms with Gasteiger partial charge in [0.05, 0.1) is 5.69 Å². The van der Waals surface area contributed by atoms with Crippen LogP contribution in [0.1, 0.15) is 47.7 Å². The summed E-state index contributed by atoms with van der Waals surface area (Å²) in [4.78, 5) is 44.1. The van der Waals surface area contributed by atoms with Gasteiger partial charge in [0, 0.05) is 53.5 Å². The van der Waals surface area contributed by atoms with E-state index in [0.29, 0.717) is 47.1 Å². The number of hydrogen-bond donors (Lipinski definition) is 1. The van der Waals surface area contributed by atoms with Gasteiger partial charge in [-0.2, -0.15) is 0 Å². The third-order valence-corrected chi connectivity index (χ3v) is 8.18. The number of carbonyl (C=O) groups excluding carboxylic acids is 3. The van der Waals surface area contributed by atoms with Crippen LogP contribution in [0.5, 0.6) is 0 Å². The molecule has 1 unspecified atom stereocenters. The first-order valence-corrected chi connectivity index (χ1v) is 15.0. The molecule has 0 aliphatic carbocycles. The Morgan fingerprint density at radius 1 is 0.952 bits per heavy atom. The molecule has 4 aromatic rings. The molecule has 0 radical (unpaired) electrons. The van der Waals surface area contributed by atoms with E-state index >= 15 is 0 Å². The third-order valence-electron chi connectivity index (χ3n) is 7.60. The molecule has 1 aliphatic rings. The highest BCUT2D eigenvalue weighted by molar-refractivity contribution is 6.35. The molecule has 0 bridgehead atoms. The molecule has 1 aliphatic heterocycles. The van der Waals surface area contributed by atoms with Crippen molar-refractivity contribution in [1.29, 1.82) is 0 Å². The van der Waals surface area contributed by atoms with E-state index in [1.54, 1.807) is 28.0 Å². The molecule has 3 amide bonds. The van der Waals surface area contributed by atoms with E-state index in [-0.39, 0.29) is 30.7 Å². The van der Waals surface area contributed by atoms with Gasteiger partial charge in [-0.3, -0.25) is 14.4 Å². The zero-order valence-electron chi connectivity index (χ0n) is 23.5. The van der Waals surface area contributed by atoms with Gasteiger partial charge in [0.1, 0.15) is 6.04 Å². The van der Waals surface area contributed by atoms with Crippen LogP contribution >= 0.6 is 23.2 Å². The average molecular weight is 603 g/mol. The lowest BCUT2D eigenvalue weighted by Gasteiger charge is -2.32. The first-order chi connectivity index (χ1) is 20.4. The molecule has 0 aromatic heterocycles. The number of halogens is 2. The van der Waals surface area contributed by atoms with Crippen molar-refractivity contribution in [2.24, 2.45) is 0 Å². The molecule has 8 heteroatoms. The standard InChI is InChI=1S/C34H33Cl2N3O3/c1-2-18-37-33(41)30(20-23-9-4-3-5-10-23)39(22-25-16-17-26(35)21-28(25)36)31(40)15-8-19-38-29-14-7-12-24-11-6-13-27(32(24)29)34(38)42/h3-7,9-14,16-17,21,30H,2,8,15,18-20,22H2,1H3,(H,37,41). The van der Waals surface area contributed by atoms with Crippen LogP contribution in [-0.4, -0.2) is 41.8 Å². The monoisotopic (exact) mass is 601 g/mol. The zero-order chi connectivity index (χ0) is 29.6. The summed E-state index contributed by atoms with van der Waals surface area (Å²) in [7, 11) is 0.